The van der Waals surface area contributed by atoms with Gasteiger partial charge in [-0.15, -0.1) is 0 Å². The van der Waals surface area contributed by atoms with Gasteiger partial charge in [0.1, 0.15) is 6.10 Å². The number of hydrogen-bond donors (Lipinski definition) is 3. The van der Waals surface area contributed by atoms with Gasteiger partial charge in [-0.25, -0.2) is 0 Å². The summed E-state index contributed by atoms with van der Waals surface area (Å²) in [6.45, 7) is 8.81. The molecule has 0 unspecified atom stereocenters. The van der Waals surface area contributed by atoms with Crippen molar-refractivity contribution < 1.29 is 34.0 Å². The number of benzene rings is 1. The molecule has 0 saturated heterocycles. The maximum absolute atomic E-state index is 12.7. The second-order valence-corrected chi connectivity index (χ2v) is 12.7. The van der Waals surface area contributed by atoms with E-state index in [4.69, 9.17) is 14.2 Å². The quantitative estimate of drug-likeness (QED) is 0.259. The van der Waals surface area contributed by atoms with Gasteiger partial charge >= 0.3 is 5.97 Å². The number of methoxy groups -OCH3 is 2. The fourth-order valence-electron chi connectivity index (χ4n) is 7.05. The van der Waals surface area contributed by atoms with Crippen LogP contribution in [0.4, 0.5) is 0 Å². The van der Waals surface area contributed by atoms with Crippen molar-refractivity contribution in [3.8, 4) is 11.5 Å². The van der Waals surface area contributed by atoms with Crippen molar-refractivity contribution in [2.75, 3.05) is 14.2 Å². The summed E-state index contributed by atoms with van der Waals surface area (Å²) in [6, 6.07) is 5.44. The molecule has 0 aromatic heterocycles. The Balaban J connectivity index is 1.50. The minimum atomic E-state index is -0.924. The van der Waals surface area contributed by atoms with Crippen molar-refractivity contribution in [3.05, 3.63) is 23.8 Å². The first-order valence-corrected chi connectivity index (χ1v) is 15.6. The molecule has 0 aliphatic heterocycles. The first-order valence-electron chi connectivity index (χ1n) is 15.6. The van der Waals surface area contributed by atoms with Gasteiger partial charge in [-0.2, -0.15) is 0 Å². The molecule has 1 aromatic rings. The second-order valence-electron chi connectivity index (χ2n) is 12.7. The monoisotopic (exact) mass is 575 g/mol. The molecule has 8 heteroatoms. The molecule has 3 rings (SSSR count). The lowest BCUT2D eigenvalue weighted by Crippen LogP contribution is -2.47. The summed E-state index contributed by atoms with van der Waals surface area (Å²) < 4.78 is 16.7. The van der Waals surface area contributed by atoms with Crippen LogP contribution in [-0.2, 0) is 20.9 Å². The SMILES string of the molecule is CC[C@H](C)C(=O)O[C@H]1C[C@@H](C)C[C@@H]2CC[C@H](C)[C@H](CC[C@@H](O)C[C@@H](O)CC(=O)NCc3ccc(OC)c(OC)c3)[C@H]21. The molecule has 1 aromatic carbocycles. The summed E-state index contributed by atoms with van der Waals surface area (Å²) in [5.41, 5.74) is 0.857. The van der Waals surface area contributed by atoms with E-state index in [0.717, 1.165) is 31.2 Å². The number of nitrogens with one attached hydrogen (secondary N) is 1. The van der Waals surface area contributed by atoms with Crippen LogP contribution in [0.5, 0.6) is 11.5 Å². The molecule has 8 nitrogen and oxygen atoms in total. The van der Waals surface area contributed by atoms with Gasteiger partial charge in [0.15, 0.2) is 11.5 Å². The maximum atomic E-state index is 12.7. The molecule has 9 atom stereocenters. The molecule has 2 aliphatic rings. The fourth-order valence-corrected chi connectivity index (χ4v) is 7.05. The van der Waals surface area contributed by atoms with Gasteiger partial charge in [0, 0.05) is 12.5 Å². The lowest BCUT2D eigenvalue weighted by atomic mass is 9.58. The van der Waals surface area contributed by atoms with Gasteiger partial charge in [-0.05, 0) is 86.3 Å². The van der Waals surface area contributed by atoms with Crippen LogP contribution < -0.4 is 14.8 Å². The normalized spacial score (nSPS) is 28.1. The highest BCUT2D eigenvalue weighted by molar-refractivity contribution is 5.76. The molecular formula is C33H53NO7. The predicted octanol–water partition coefficient (Wildman–Crippen LogP) is 5.27. The minimum Gasteiger partial charge on any atom is -0.493 e. The first-order chi connectivity index (χ1) is 19.6. The molecule has 0 radical (unpaired) electrons. The molecule has 2 aliphatic carbocycles. The van der Waals surface area contributed by atoms with Crippen molar-refractivity contribution >= 4 is 11.9 Å². The van der Waals surface area contributed by atoms with Gasteiger partial charge in [-0.1, -0.05) is 40.2 Å². The average molecular weight is 576 g/mol. The average Bonchev–Trinajstić information content (AvgIpc) is 2.94. The highest BCUT2D eigenvalue weighted by Crippen LogP contribution is 2.50. The number of ether oxygens (including phenoxy) is 3. The molecule has 2 saturated carbocycles. The standard InChI is InChI=1S/C33H53NO7/c1-7-21(3)33(38)41-30-15-20(2)14-24-10-8-22(4)27(32(24)30)12-11-25(35)17-26(36)18-31(37)34-19-23-9-13-28(39-5)29(16-23)40-6/h9,13,16,20-22,24-27,30,32,35-36H,7-8,10-12,14-15,17-19H2,1-6H3,(H,34,37)/t20-,21-,22-,24-,25+,26+,27-,30-,32-/m0/s1. The van der Waals surface area contributed by atoms with E-state index in [1.165, 1.54) is 12.8 Å². The van der Waals surface area contributed by atoms with Crippen LogP contribution in [0.25, 0.3) is 0 Å². The Labute approximate surface area is 246 Å². The largest absolute Gasteiger partial charge is 0.493 e. The number of carbonyl (C=O) groups excluding carboxylic acids is 2. The third kappa shape index (κ3) is 9.34. The summed E-state index contributed by atoms with van der Waals surface area (Å²) >= 11 is 0. The highest BCUT2D eigenvalue weighted by Gasteiger charge is 2.47. The number of amides is 1. The third-order valence-electron chi connectivity index (χ3n) is 9.55. The third-order valence-corrected chi connectivity index (χ3v) is 9.55. The Bertz CT molecular complexity index is 984. The van der Waals surface area contributed by atoms with E-state index in [1.807, 2.05) is 19.9 Å². The maximum Gasteiger partial charge on any atom is 0.308 e. The van der Waals surface area contributed by atoms with Crippen LogP contribution in [0.3, 0.4) is 0 Å². The number of carbonyl (C=O) groups is 2. The number of aliphatic hydroxyl groups excluding tert-OH is 2. The lowest BCUT2D eigenvalue weighted by Gasteiger charge is -2.50. The molecule has 0 heterocycles. The highest BCUT2D eigenvalue weighted by atomic mass is 16.5. The Morgan fingerprint density at radius 3 is 2.46 bits per heavy atom. The van der Waals surface area contributed by atoms with Crippen LogP contribution in [0.15, 0.2) is 18.2 Å². The molecule has 1 amide bonds. The van der Waals surface area contributed by atoms with Crippen molar-refractivity contribution in [3.63, 3.8) is 0 Å². The number of aliphatic hydroxyl groups is 2. The van der Waals surface area contributed by atoms with Crippen molar-refractivity contribution in [2.24, 2.45) is 35.5 Å². The van der Waals surface area contributed by atoms with E-state index >= 15 is 0 Å². The predicted molar refractivity (Wildman–Crippen MR) is 158 cm³/mol. The smallest absolute Gasteiger partial charge is 0.308 e. The molecule has 0 spiro atoms. The van der Waals surface area contributed by atoms with Crippen molar-refractivity contribution in [1.82, 2.24) is 5.32 Å². The number of hydrogen-bond acceptors (Lipinski definition) is 7. The van der Waals surface area contributed by atoms with Gasteiger partial charge < -0.3 is 29.7 Å². The molecule has 41 heavy (non-hydrogen) atoms. The Kier molecular flexibility index (Phi) is 12.8. The van der Waals surface area contributed by atoms with Gasteiger partial charge in [0.2, 0.25) is 5.91 Å². The zero-order valence-electron chi connectivity index (χ0n) is 25.9. The van der Waals surface area contributed by atoms with Gasteiger partial charge in [0.05, 0.1) is 38.8 Å². The zero-order valence-corrected chi connectivity index (χ0v) is 25.9. The van der Waals surface area contributed by atoms with Crippen molar-refractivity contribution in [1.29, 1.82) is 0 Å². The summed E-state index contributed by atoms with van der Waals surface area (Å²) in [4.78, 5) is 25.2. The fraction of sp³-hybridized carbons (Fsp3) is 0.758. The van der Waals surface area contributed by atoms with E-state index < -0.39 is 12.2 Å². The number of fused-ring (bicyclic) bond motifs is 1. The van der Waals surface area contributed by atoms with Gasteiger partial charge in [0.25, 0.3) is 0 Å². The molecule has 2 fully saturated rings. The lowest BCUT2D eigenvalue weighted by molar-refractivity contribution is -0.167. The zero-order chi connectivity index (χ0) is 30.1. The van der Waals surface area contributed by atoms with Crippen molar-refractivity contribution in [2.45, 2.75) is 110 Å². The topological polar surface area (TPSA) is 114 Å². The number of esters is 1. The van der Waals surface area contributed by atoms with E-state index in [0.29, 0.717) is 54.1 Å². The van der Waals surface area contributed by atoms with E-state index in [2.05, 4.69) is 19.2 Å². The Morgan fingerprint density at radius 2 is 1.78 bits per heavy atom. The van der Waals surface area contributed by atoms with Crippen LogP contribution in [-0.4, -0.2) is 54.6 Å². The first kappa shape index (κ1) is 33.2. The molecular weight excluding hydrogens is 522 g/mol. The van der Waals surface area contributed by atoms with E-state index in [9.17, 15) is 19.8 Å². The van der Waals surface area contributed by atoms with Crippen LogP contribution in [0.1, 0.15) is 91.0 Å². The van der Waals surface area contributed by atoms with Gasteiger partial charge in [-0.3, -0.25) is 9.59 Å². The summed E-state index contributed by atoms with van der Waals surface area (Å²) in [6.07, 6.45) is 4.98. The van der Waals surface area contributed by atoms with Crippen LogP contribution in [0, 0.1) is 35.5 Å². The molecule has 3 N–H and O–H groups in total. The molecule has 0 bridgehead atoms. The van der Waals surface area contributed by atoms with E-state index in [-0.39, 0.29) is 36.7 Å². The van der Waals surface area contributed by atoms with Crippen LogP contribution >= 0.6 is 0 Å². The van der Waals surface area contributed by atoms with E-state index in [1.54, 1.807) is 26.4 Å². The van der Waals surface area contributed by atoms with Crippen LogP contribution in [0.2, 0.25) is 0 Å². The summed E-state index contributed by atoms with van der Waals surface area (Å²) in [5, 5.41) is 24.2. The summed E-state index contributed by atoms with van der Waals surface area (Å²) in [7, 11) is 3.13. The Hall–Kier alpha value is -2.32. The minimum absolute atomic E-state index is 0.0601. The Morgan fingerprint density at radius 1 is 1.05 bits per heavy atom. The second kappa shape index (κ2) is 15.8. The summed E-state index contributed by atoms with van der Waals surface area (Å²) in [5.74, 6) is 3.02. The number of rotatable bonds is 14. The molecule has 232 valence electrons.